The number of benzene rings is 1. The summed E-state index contributed by atoms with van der Waals surface area (Å²) < 4.78 is 11.6. The molecule has 1 spiro atoms. The molecule has 0 bridgehead atoms. The lowest BCUT2D eigenvalue weighted by Gasteiger charge is -2.20. The van der Waals surface area contributed by atoms with Crippen molar-refractivity contribution in [3.8, 4) is 11.5 Å². The predicted molar refractivity (Wildman–Crippen MR) is 109 cm³/mol. The van der Waals surface area contributed by atoms with E-state index in [1.54, 1.807) is 0 Å². The van der Waals surface area contributed by atoms with Gasteiger partial charge in [0.15, 0.2) is 0 Å². The molecule has 1 aromatic rings. The van der Waals surface area contributed by atoms with E-state index >= 15 is 0 Å². The van der Waals surface area contributed by atoms with Crippen molar-refractivity contribution >= 4 is 17.8 Å². The summed E-state index contributed by atoms with van der Waals surface area (Å²) in [7, 11) is 0. The number of rotatable bonds is 7. The molecule has 2 aliphatic heterocycles. The molecule has 3 aliphatic rings. The summed E-state index contributed by atoms with van der Waals surface area (Å²) in [6.07, 6.45) is 4.27. The third-order valence-corrected chi connectivity index (χ3v) is 6.12. The molecule has 0 aromatic heterocycles. The van der Waals surface area contributed by atoms with Crippen molar-refractivity contribution in [3.63, 3.8) is 0 Å². The van der Waals surface area contributed by atoms with Crippen molar-refractivity contribution in [2.45, 2.75) is 70.6 Å². The number of hydrogen-bond acceptors (Lipinski definition) is 5. The van der Waals surface area contributed by atoms with Crippen LogP contribution in [0.2, 0.25) is 0 Å². The second kappa shape index (κ2) is 8.16. The van der Waals surface area contributed by atoms with Gasteiger partial charge in [0.1, 0.15) is 23.1 Å². The highest BCUT2D eigenvalue weighted by atomic mass is 16.5. The Morgan fingerprint density at radius 3 is 2.83 bits per heavy atom. The average Bonchev–Trinajstić information content (AvgIpc) is 3.37. The first-order valence-electron chi connectivity index (χ1n) is 10.8. The van der Waals surface area contributed by atoms with E-state index in [1.807, 2.05) is 26.0 Å². The molecule has 1 aromatic carbocycles. The summed E-state index contributed by atoms with van der Waals surface area (Å²) in [5.74, 6) is 1.16. The molecule has 4 rings (SSSR count). The molecule has 1 saturated carbocycles. The second-order valence-corrected chi connectivity index (χ2v) is 8.34. The van der Waals surface area contributed by atoms with Crippen LogP contribution in [0, 0.1) is 0 Å². The van der Waals surface area contributed by atoms with Gasteiger partial charge in [-0.05, 0) is 38.8 Å². The molecule has 8 heteroatoms. The van der Waals surface area contributed by atoms with Gasteiger partial charge in [0.05, 0.1) is 6.61 Å². The monoisotopic (exact) mass is 415 g/mol. The van der Waals surface area contributed by atoms with Crippen LogP contribution in [0.3, 0.4) is 0 Å². The highest BCUT2D eigenvalue weighted by Crippen LogP contribution is 2.36. The van der Waals surface area contributed by atoms with Gasteiger partial charge in [-0.3, -0.25) is 14.5 Å². The summed E-state index contributed by atoms with van der Waals surface area (Å²) in [5.41, 5.74) is 1.22. The third-order valence-electron chi connectivity index (χ3n) is 6.12. The number of carbonyl (C=O) groups excluding carboxylic acids is 3. The van der Waals surface area contributed by atoms with E-state index in [9.17, 15) is 14.4 Å². The van der Waals surface area contributed by atoms with E-state index in [0.29, 0.717) is 26.0 Å². The SMILES string of the molecule is CCOc1cc2c(cc1CNC(=O)CCN1C(=O)NC3(CCCC3)C1=O)OC(C)C2. The first kappa shape index (κ1) is 20.5. The zero-order valence-corrected chi connectivity index (χ0v) is 17.6. The van der Waals surface area contributed by atoms with Crippen LogP contribution in [0.5, 0.6) is 11.5 Å². The van der Waals surface area contributed by atoms with Crippen LogP contribution in [-0.4, -0.2) is 47.5 Å². The average molecular weight is 415 g/mol. The molecule has 1 saturated heterocycles. The van der Waals surface area contributed by atoms with Crippen LogP contribution < -0.4 is 20.1 Å². The van der Waals surface area contributed by atoms with E-state index in [4.69, 9.17) is 9.47 Å². The Labute approximate surface area is 176 Å². The van der Waals surface area contributed by atoms with Crippen molar-refractivity contribution in [1.82, 2.24) is 15.5 Å². The maximum Gasteiger partial charge on any atom is 0.325 e. The number of nitrogens with one attached hydrogen (secondary N) is 2. The fraction of sp³-hybridized carbons (Fsp3) is 0.591. The topological polar surface area (TPSA) is 97.0 Å². The first-order chi connectivity index (χ1) is 14.4. The molecule has 2 fully saturated rings. The van der Waals surface area contributed by atoms with Gasteiger partial charge in [-0.25, -0.2) is 4.79 Å². The Bertz CT molecular complexity index is 863. The fourth-order valence-corrected chi connectivity index (χ4v) is 4.60. The van der Waals surface area contributed by atoms with Gasteiger partial charge in [0.25, 0.3) is 5.91 Å². The lowest BCUT2D eigenvalue weighted by molar-refractivity contribution is -0.131. The number of urea groups is 1. The summed E-state index contributed by atoms with van der Waals surface area (Å²) >= 11 is 0. The molecule has 30 heavy (non-hydrogen) atoms. The molecular weight excluding hydrogens is 386 g/mol. The summed E-state index contributed by atoms with van der Waals surface area (Å²) in [5, 5.41) is 5.71. The van der Waals surface area contributed by atoms with Crippen molar-refractivity contribution in [1.29, 1.82) is 0 Å². The predicted octanol–water partition coefficient (Wildman–Crippen LogP) is 2.28. The molecule has 162 valence electrons. The Balaban J connectivity index is 1.34. The molecule has 2 heterocycles. The van der Waals surface area contributed by atoms with Gasteiger partial charge in [0, 0.05) is 37.1 Å². The van der Waals surface area contributed by atoms with Crippen molar-refractivity contribution in [2.24, 2.45) is 0 Å². The zero-order valence-electron chi connectivity index (χ0n) is 17.6. The summed E-state index contributed by atoms with van der Waals surface area (Å²) in [4.78, 5) is 38.5. The summed E-state index contributed by atoms with van der Waals surface area (Å²) in [6, 6.07) is 3.52. The van der Waals surface area contributed by atoms with Gasteiger partial charge in [-0.1, -0.05) is 12.8 Å². The van der Waals surface area contributed by atoms with Crippen molar-refractivity contribution in [2.75, 3.05) is 13.2 Å². The van der Waals surface area contributed by atoms with Crippen LogP contribution in [0.25, 0.3) is 0 Å². The number of fused-ring (bicyclic) bond motifs is 1. The van der Waals surface area contributed by atoms with Crippen LogP contribution in [0.1, 0.15) is 57.1 Å². The number of imide groups is 1. The minimum absolute atomic E-state index is 0.0671. The van der Waals surface area contributed by atoms with E-state index in [0.717, 1.165) is 41.9 Å². The lowest BCUT2D eigenvalue weighted by Crippen LogP contribution is -2.44. The van der Waals surface area contributed by atoms with Gasteiger partial charge in [-0.2, -0.15) is 0 Å². The smallest absolute Gasteiger partial charge is 0.325 e. The second-order valence-electron chi connectivity index (χ2n) is 8.34. The fourth-order valence-electron chi connectivity index (χ4n) is 4.60. The van der Waals surface area contributed by atoms with Gasteiger partial charge in [-0.15, -0.1) is 0 Å². The molecule has 1 aliphatic carbocycles. The van der Waals surface area contributed by atoms with E-state index in [1.165, 1.54) is 4.90 Å². The highest BCUT2D eigenvalue weighted by molar-refractivity contribution is 6.07. The maximum absolute atomic E-state index is 12.7. The Morgan fingerprint density at radius 2 is 2.10 bits per heavy atom. The zero-order chi connectivity index (χ0) is 21.3. The number of hydrogen-bond donors (Lipinski definition) is 2. The first-order valence-corrected chi connectivity index (χ1v) is 10.8. The Morgan fingerprint density at radius 1 is 1.33 bits per heavy atom. The number of carbonyl (C=O) groups is 3. The minimum Gasteiger partial charge on any atom is -0.494 e. The van der Waals surface area contributed by atoms with Crippen molar-refractivity contribution in [3.05, 3.63) is 23.3 Å². The third kappa shape index (κ3) is 3.82. The maximum atomic E-state index is 12.7. The van der Waals surface area contributed by atoms with Crippen LogP contribution >= 0.6 is 0 Å². The summed E-state index contributed by atoms with van der Waals surface area (Å²) in [6.45, 7) is 4.85. The van der Waals surface area contributed by atoms with E-state index in [-0.39, 0.29) is 30.9 Å². The van der Waals surface area contributed by atoms with Gasteiger partial charge in [0.2, 0.25) is 5.91 Å². The lowest BCUT2D eigenvalue weighted by atomic mass is 9.98. The Kier molecular flexibility index (Phi) is 5.58. The van der Waals surface area contributed by atoms with Gasteiger partial charge >= 0.3 is 6.03 Å². The normalized spacial score (nSPS) is 21.5. The Hall–Kier alpha value is -2.77. The van der Waals surface area contributed by atoms with Gasteiger partial charge < -0.3 is 20.1 Å². The van der Waals surface area contributed by atoms with E-state index in [2.05, 4.69) is 10.6 Å². The largest absolute Gasteiger partial charge is 0.494 e. The highest BCUT2D eigenvalue weighted by Gasteiger charge is 2.52. The molecule has 8 nitrogen and oxygen atoms in total. The van der Waals surface area contributed by atoms with Crippen LogP contribution in [0.4, 0.5) is 4.79 Å². The van der Waals surface area contributed by atoms with Crippen LogP contribution in [-0.2, 0) is 22.6 Å². The number of ether oxygens (including phenoxy) is 2. The minimum atomic E-state index is -0.735. The quantitative estimate of drug-likeness (QED) is 0.666. The molecule has 0 radical (unpaired) electrons. The number of nitrogens with zero attached hydrogens (tertiary/aromatic N) is 1. The molecule has 1 atom stereocenters. The molecule has 4 amide bonds. The van der Waals surface area contributed by atoms with Crippen molar-refractivity contribution < 1.29 is 23.9 Å². The standard InChI is InChI=1S/C22H29N3O5/c1-3-29-17-11-15-10-14(2)30-18(15)12-16(17)13-23-19(26)6-9-25-20(27)22(24-21(25)28)7-4-5-8-22/h11-12,14H,3-10,13H2,1-2H3,(H,23,26)(H,24,28). The van der Waals surface area contributed by atoms with E-state index < -0.39 is 11.6 Å². The molecule has 2 N–H and O–H groups in total. The molecular formula is C22H29N3O5. The van der Waals surface area contributed by atoms with Crippen LogP contribution in [0.15, 0.2) is 12.1 Å². The number of amides is 4. The molecule has 1 unspecified atom stereocenters.